The third kappa shape index (κ3) is 5.55. The first-order chi connectivity index (χ1) is 20.7. The molecule has 2 aromatic carbocycles. The molecule has 0 radical (unpaired) electrons. The number of carbonyl (C=O) groups excluding carboxylic acids is 5. The van der Waals surface area contributed by atoms with E-state index < -0.39 is 35.6 Å². The van der Waals surface area contributed by atoms with E-state index in [1.165, 1.54) is 11.1 Å². The maximum Gasteiger partial charge on any atom is 0.329 e. The number of amides is 4. The smallest absolute Gasteiger partial charge is 0.329 e. The zero-order valence-corrected chi connectivity index (χ0v) is 23.5. The van der Waals surface area contributed by atoms with Crippen molar-refractivity contribution in [2.45, 2.75) is 32.2 Å². The molecule has 2 aliphatic rings. The van der Waals surface area contributed by atoms with Gasteiger partial charge in [-0.25, -0.2) is 9.69 Å². The van der Waals surface area contributed by atoms with E-state index in [0.717, 1.165) is 16.0 Å². The Morgan fingerprint density at radius 1 is 1.07 bits per heavy atom. The van der Waals surface area contributed by atoms with E-state index in [1.54, 1.807) is 25.1 Å². The highest BCUT2D eigenvalue weighted by atomic mass is 16.5. The van der Waals surface area contributed by atoms with Gasteiger partial charge in [0.1, 0.15) is 6.04 Å². The largest absolute Gasteiger partial charge is 0.466 e. The van der Waals surface area contributed by atoms with E-state index in [-0.39, 0.29) is 29.9 Å². The number of nitriles is 1. The van der Waals surface area contributed by atoms with Gasteiger partial charge >= 0.3 is 12.0 Å². The van der Waals surface area contributed by atoms with E-state index in [2.05, 4.69) is 22.9 Å². The first kappa shape index (κ1) is 29.0. The summed E-state index contributed by atoms with van der Waals surface area (Å²) in [4.78, 5) is 70.0. The van der Waals surface area contributed by atoms with Gasteiger partial charge in [-0.3, -0.25) is 19.2 Å². The van der Waals surface area contributed by atoms with Crippen molar-refractivity contribution in [2.75, 3.05) is 24.6 Å². The number of hydrogen-bond acceptors (Lipinski definition) is 7. The van der Waals surface area contributed by atoms with Crippen molar-refractivity contribution in [2.24, 2.45) is 0 Å². The average Bonchev–Trinajstić information content (AvgIpc) is 3.58. The Kier molecular flexibility index (Phi) is 8.20. The molecule has 0 aliphatic carbocycles. The number of ketones is 1. The molecule has 1 atom stereocenters. The molecule has 0 bridgehead atoms. The predicted molar refractivity (Wildman–Crippen MR) is 158 cm³/mol. The third-order valence-electron chi connectivity index (χ3n) is 7.58. The van der Waals surface area contributed by atoms with Gasteiger partial charge in [-0.05, 0) is 42.5 Å². The van der Waals surface area contributed by atoms with E-state index in [0.29, 0.717) is 42.4 Å². The minimum Gasteiger partial charge on any atom is -0.466 e. The van der Waals surface area contributed by atoms with Crippen LogP contribution in [0.25, 0.3) is 16.5 Å². The van der Waals surface area contributed by atoms with Gasteiger partial charge in [0.2, 0.25) is 0 Å². The molecule has 11 heteroatoms. The normalized spacial score (nSPS) is 16.6. The predicted octanol–water partition coefficient (Wildman–Crippen LogP) is 3.88. The minimum atomic E-state index is -1.12. The summed E-state index contributed by atoms with van der Waals surface area (Å²) in [6.07, 6.45) is 2.11. The van der Waals surface area contributed by atoms with E-state index >= 15 is 0 Å². The lowest BCUT2D eigenvalue weighted by Crippen LogP contribution is -2.40. The number of benzene rings is 2. The Labute approximate surface area is 247 Å². The highest BCUT2D eigenvalue weighted by Gasteiger charge is 2.42. The van der Waals surface area contributed by atoms with Gasteiger partial charge in [-0.15, -0.1) is 0 Å². The number of likely N-dealkylation sites (tertiary alicyclic amines) is 1. The van der Waals surface area contributed by atoms with Crippen molar-refractivity contribution in [1.29, 1.82) is 5.26 Å². The van der Waals surface area contributed by atoms with Crippen LogP contribution >= 0.6 is 0 Å². The Morgan fingerprint density at radius 2 is 1.79 bits per heavy atom. The van der Waals surface area contributed by atoms with E-state index in [4.69, 9.17) is 4.74 Å². The van der Waals surface area contributed by atoms with Gasteiger partial charge in [-0.2, -0.15) is 5.26 Å². The molecule has 0 unspecified atom stereocenters. The number of carbonyl (C=O) groups is 5. The zero-order chi connectivity index (χ0) is 30.7. The van der Waals surface area contributed by atoms with Crippen molar-refractivity contribution >= 4 is 51.8 Å². The van der Waals surface area contributed by atoms with Crippen LogP contribution in [-0.2, 0) is 19.1 Å². The number of allylic oxidation sites excluding steroid dienone is 1. The summed E-state index contributed by atoms with van der Waals surface area (Å²) in [5, 5.41) is 12.7. The molecular formula is C32H29N5O6. The topological polar surface area (TPSA) is 153 Å². The van der Waals surface area contributed by atoms with E-state index in [9.17, 15) is 29.2 Å². The van der Waals surface area contributed by atoms with Crippen molar-refractivity contribution in [1.82, 2.24) is 15.2 Å². The highest BCUT2D eigenvalue weighted by Crippen LogP contribution is 2.32. The van der Waals surface area contributed by atoms with Crippen LogP contribution in [0.3, 0.4) is 0 Å². The maximum atomic E-state index is 13.4. The molecule has 3 heterocycles. The number of Topliss-reactive ketones (excluding diaryl/α,β-unsaturated/α-hetero) is 1. The molecular weight excluding hydrogens is 550 g/mol. The fraction of sp³-hybridized carbons (Fsp3) is 0.250. The summed E-state index contributed by atoms with van der Waals surface area (Å²) in [5.41, 5.74) is 3.17. The second-order valence-corrected chi connectivity index (χ2v) is 10.2. The van der Waals surface area contributed by atoms with Crippen LogP contribution in [0.4, 0.5) is 10.5 Å². The summed E-state index contributed by atoms with van der Waals surface area (Å²) in [5.74, 6) is -2.59. The molecule has 0 spiro atoms. The number of nitrogens with one attached hydrogen (secondary N) is 2. The fourth-order valence-corrected chi connectivity index (χ4v) is 5.44. The lowest BCUT2D eigenvalue weighted by atomic mass is 9.93. The average molecular weight is 580 g/mol. The Balaban J connectivity index is 1.33. The van der Waals surface area contributed by atoms with Crippen LogP contribution in [0, 0.1) is 11.3 Å². The van der Waals surface area contributed by atoms with Gasteiger partial charge < -0.3 is 19.9 Å². The molecule has 2 aliphatic heterocycles. The standard InChI is InChI=1S/C32H29N5O6/c1-3-43-26(38)16-19(2)27-30(40)37(32(42)35-27)25-11-7-10-22-24(18-34-28(22)25)29(39)31(41)36-14-12-21(13-15-36)23(17-33)20-8-5-4-6-9-20/h4-11,18,27,34H,2-3,12-16H2,1H3,(H,35,42)/t27-/m0/s1. The monoisotopic (exact) mass is 579 g/mol. The number of esters is 1. The number of urea groups is 1. The molecule has 5 rings (SSSR count). The second-order valence-electron chi connectivity index (χ2n) is 10.2. The Morgan fingerprint density at radius 3 is 2.47 bits per heavy atom. The minimum absolute atomic E-state index is 0.112. The summed E-state index contributed by atoms with van der Waals surface area (Å²) < 4.78 is 4.91. The van der Waals surface area contributed by atoms with Crippen LogP contribution in [0.1, 0.15) is 42.1 Å². The molecule has 43 heavy (non-hydrogen) atoms. The summed E-state index contributed by atoms with van der Waals surface area (Å²) in [7, 11) is 0. The van der Waals surface area contributed by atoms with Crippen molar-refractivity contribution in [3.63, 3.8) is 0 Å². The number of piperidine rings is 1. The lowest BCUT2D eigenvalue weighted by Gasteiger charge is -2.28. The maximum absolute atomic E-state index is 13.4. The lowest BCUT2D eigenvalue weighted by molar-refractivity contribution is -0.142. The van der Waals surface area contributed by atoms with Crippen LogP contribution in [-0.4, -0.2) is 65.2 Å². The second kappa shape index (κ2) is 12.2. The van der Waals surface area contributed by atoms with Crippen molar-refractivity contribution in [3.8, 4) is 6.07 Å². The molecule has 218 valence electrons. The van der Waals surface area contributed by atoms with Gasteiger partial charge in [0.25, 0.3) is 17.6 Å². The Bertz CT molecular complexity index is 1720. The molecule has 4 amide bonds. The number of aromatic nitrogens is 1. The number of H-pyrrole nitrogens is 1. The number of rotatable bonds is 8. The number of para-hydroxylation sites is 1. The van der Waals surface area contributed by atoms with Crippen LogP contribution in [0.15, 0.2) is 72.5 Å². The summed E-state index contributed by atoms with van der Waals surface area (Å²) in [6, 6.07) is 14.6. The SMILES string of the molecule is C=C(CC(=O)OCC)[C@@H]1NC(=O)N(c2cccc3c(C(=O)C(=O)N4CCC(=C(C#N)c5ccccc5)CC4)c[nH]c23)C1=O. The zero-order valence-electron chi connectivity index (χ0n) is 23.5. The van der Waals surface area contributed by atoms with Gasteiger partial charge in [0.15, 0.2) is 0 Å². The Hall–Kier alpha value is -5.50. The number of aromatic amines is 1. The molecule has 3 aromatic rings. The highest BCUT2D eigenvalue weighted by molar-refractivity contribution is 6.45. The quantitative estimate of drug-likeness (QED) is 0.103. The van der Waals surface area contributed by atoms with Crippen molar-refractivity contribution in [3.05, 3.63) is 83.6 Å². The number of nitrogens with zero attached hydrogens (tertiary/aromatic N) is 3. The first-order valence-electron chi connectivity index (χ1n) is 13.8. The molecule has 11 nitrogen and oxygen atoms in total. The summed E-state index contributed by atoms with van der Waals surface area (Å²) >= 11 is 0. The van der Waals surface area contributed by atoms with Gasteiger partial charge in [-0.1, -0.05) is 49.0 Å². The number of fused-ring (bicyclic) bond motifs is 1. The summed E-state index contributed by atoms with van der Waals surface area (Å²) in [6.45, 7) is 6.21. The third-order valence-corrected chi connectivity index (χ3v) is 7.58. The molecule has 2 fully saturated rings. The number of ether oxygens (including phenoxy) is 1. The number of anilines is 1. The number of hydrogen-bond donors (Lipinski definition) is 2. The number of imide groups is 1. The van der Waals surface area contributed by atoms with Gasteiger partial charge in [0, 0.05) is 24.7 Å². The van der Waals surface area contributed by atoms with Gasteiger partial charge in [0.05, 0.1) is 41.4 Å². The molecule has 2 N–H and O–H groups in total. The van der Waals surface area contributed by atoms with Crippen LogP contribution in [0.2, 0.25) is 0 Å². The van der Waals surface area contributed by atoms with Crippen LogP contribution in [0.5, 0.6) is 0 Å². The van der Waals surface area contributed by atoms with E-state index in [1.807, 2.05) is 30.3 Å². The first-order valence-corrected chi connectivity index (χ1v) is 13.8. The van der Waals surface area contributed by atoms with Crippen LogP contribution < -0.4 is 10.2 Å². The molecule has 2 saturated heterocycles. The fourth-order valence-electron chi connectivity index (χ4n) is 5.44. The molecule has 1 aromatic heterocycles. The van der Waals surface area contributed by atoms with Crippen molar-refractivity contribution < 1.29 is 28.7 Å². The molecule has 0 saturated carbocycles.